The highest BCUT2D eigenvalue weighted by atomic mass is 35.5. The molecule has 1 N–H and O–H groups in total. The van der Waals surface area contributed by atoms with Crippen LogP contribution in [0.4, 0.5) is 5.82 Å². The van der Waals surface area contributed by atoms with Crippen LogP contribution in [0.25, 0.3) is 0 Å². The SMILES string of the molecule is Cn1c2c(c(=O)n(C)c1=O)[C@@H](c1ccc(Cl)cc1Cl)CC(=O)N2. The number of fused-ring (bicyclic) bond motifs is 1. The second kappa shape index (κ2) is 5.54. The van der Waals surface area contributed by atoms with Crippen molar-refractivity contribution in [1.82, 2.24) is 9.13 Å². The normalized spacial score (nSPS) is 16.9. The zero-order chi connectivity index (χ0) is 16.9. The van der Waals surface area contributed by atoms with E-state index in [1.54, 1.807) is 18.2 Å². The smallest absolute Gasteiger partial charge is 0.312 e. The van der Waals surface area contributed by atoms with Crippen molar-refractivity contribution in [3.05, 3.63) is 60.2 Å². The molecule has 0 spiro atoms. The molecule has 1 aliphatic rings. The van der Waals surface area contributed by atoms with Crippen LogP contribution in [0.2, 0.25) is 10.0 Å². The van der Waals surface area contributed by atoms with E-state index >= 15 is 0 Å². The van der Waals surface area contributed by atoms with E-state index in [2.05, 4.69) is 5.32 Å². The van der Waals surface area contributed by atoms with Crippen LogP contribution in [-0.2, 0) is 18.9 Å². The van der Waals surface area contributed by atoms with Gasteiger partial charge in [-0.3, -0.25) is 18.7 Å². The summed E-state index contributed by atoms with van der Waals surface area (Å²) in [6.07, 6.45) is 0.0712. The third kappa shape index (κ3) is 2.48. The van der Waals surface area contributed by atoms with E-state index in [9.17, 15) is 14.4 Å². The molecule has 6 nitrogen and oxygen atoms in total. The summed E-state index contributed by atoms with van der Waals surface area (Å²) in [6.45, 7) is 0. The molecule has 1 aromatic heterocycles. The number of nitrogens with zero attached hydrogens (tertiary/aromatic N) is 2. The van der Waals surface area contributed by atoms with Gasteiger partial charge in [-0.15, -0.1) is 0 Å². The Morgan fingerprint density at radius 1 is 1.13 bits per heavy atom. The molecule has 3 rings (SSSR count). The Balaban J connectivity index is 2.34. The number of amides is 1. The van der Waals surface area contributed by atoms with Gasteiger partial charge in [-0.1, -0.05) is 29.3 Å². The second-order valence-electron chi connectivity index (χ2n) is 5.44. The molecule has 1 aromatic carbocycles. The summed E-state index contributed by atoms with van der Waals surface area (Å²) in [6, 6.07) is 4.92. The fraction of sp³-hybridized carbons (Fsp3) is 0.267. The number of carbonyl (C=O) groups excluding carboxylic acids is 1. The predicted octanol–water partition coefficient (Wildman–Crippen LogP) is 1.86. The van der Waals surface area contributed by atoms with Crippen LogP contribution in [0.5, 0.6) is 0 Å². The van der Waals surface area contributed by atoms with Crippen molar-refractivity contribution in [2.24, 2.45) is 14.1 Å². The van der Waals surface area contributed by atoms with Crippen LogP contribution in [0.3, 0.4) is 0 Å². The summed E-state index contributed by atoms with van der Waals surface area (Å²) in [5.41, 5.74) is 0.0253. The number of hydrogen-bond acceptors (Lipinski definition) is 3. The number of anilines is 1. The van der Waals surface area contributed by atoms with Gasteiger partial charge in [0.1, 0.15) is 5.82 Å². The highest BCUT2D eigenvalue weighted by Crippen LogP contribution is 2.38. The minimum absolute atomic E-state index is 0.0712. The van der Waals surface area contributed by atoms with Gasteiger partial charge in [0.25, 0.3) is 5.56 Å². The zero-order valence-electron chi connectivity index (χ0n) is 12.4. The fourth-order valence-corrected chi connectivity index (χ4v) is 3.40. The second-order valence-corrected chi connectivity index (χ2v) is 6.28. The number of nitrogens with one attached hydrogen (secondary N) is 1. The molecule has 2 aromatic rings. The molecule has 1 aliphatic heterocycles. The molecule has 0 fully saturated rings. The minimum Gasteiger partial charge on any atom is -0.312 e. The quantitative estimate of drug-likeness (QED) is 0.850. The average molecular weight is 354 g/mol. The van der Waals surface area contributed by atoms with Crippen molar-refractivity contribution in [3.63, 3.8) is 0 Å². The fourth-order valence-electron chi connectivity index (χ4n) is 2.86. The Kier molecular flexibility index (Phi) is 3.82. The lowest BCUT2D eigenvalue weighted by Crippen LogP contribution is -2.44. The van der Waals surface area contributed by atoms with E-state index in [0.29, 0.717) is 21.2 Å². The molecule has 0 saturated carbocycles. The molecule has 0 saturated heterocycles. The van der Waals surface area contributed by atoms with Gasteiger partial charge in [-0.2, -0.15) is 0 Å². The first kappa shape index (κ1) is 15.8. The predicted molar refractivity (Wildman–Crippen MR) is 88.5 cm³/mol. The first-order chi connectivity index (χ1) is 10.8. The Morgan fingerprint density at radius 2 is 1.83 bits per heavy atom. The van der Waals surface area contributed by atoms with Crippen molar-refractivity contribution >= 4 is 34.9 Å². The molecule has 120 valence electrons. The summed E-state index contributed by atoms with van der Waals surface area (Å²) >= 11 is 12.2. The van der Waals surface area contributed by atoms with Crippen molar-refractivity contribution in [1.29, 1.82) is 0 Å². The maximum absolute atomic E-state index is 12.6. The van der Waals surface area contributed by atoms with Gasteiger partial charge in [-0.05, 0) is 17.7 Å². The maximum Gasteiger partial charge on any atom is 0.332 e. The average Bonchev–Trinajstić information content (AvgIpc) is 2.50. The molecule has 2 heterocycles. The van der Waals surface area contributed by atoms with Gasteiger partial charge in [0.15, 0.2) is 0 Å². The number of halogens is 2. The summed E-state index contributed by atoms with van der Waals surface area (Å²) in [5.74, 6) is -0.601. The molecule has 8 heteroatoms. The van der Waals surface area contributed by atoms with Crippen LogP contribution in [0.1, 0.15) is 23.5 Å². The van der Waals surface area contributed by atoms with Crippen molar-refractivity contribution in [2.45, 2.75) is 12.3 Å². The number of rotatable bonds is 1. The van der Waals surface area contributed by atoms with Crippen molar-refractivity contribution in [2.75, 3.05) is 5.32 Å². The standard InChI is InChI=1S/C15H13Cl2N3O3/c1-19-13-12(14(22)20(2)15(19)23)9(6-11(21)18-13)8-4-3-7(16)5-10(8)17/h3-5,9H,6H2,1-2H3,(H,18,21)/t9-/m1/s1. The summed E-state index contributed by atoms with van der Waals surface area (Å²) in [7, 11) is 2.91. The third-order valence-corrected chi connectivity index (χ3v) is 4.60. The Morgan fingerprint density at radius 3 is 2.48 bits per heavy atom. The van der Waals surface area contributed by atoms with E-state index in [4.69, 9.17) is 23.2 Å². The number of benzene rings is 1. The van der Waals surface area contributed by atoms with Crippen LogP contribution in [-0.4, -0.2) is 15.0 Å². The Bertz CT molecular complexity index is 946. The lowest BCUT2D eigenvalue weighted by Gasteiger charge is -2.27. The van der Waals surface area contributed by atoms with Gasteiger partial charge in [-0.25, -0.2) is 4.79 Å². The number of carbonyl (C=O) groups is 1. The molecular formula is C15H13Cl2N3O3. The van der Waals surface area contributed by atoms with Crippen molar-refractivity contribution < 1.29 is 4.79 Å². The van der Waals surface area contributed by atoms with Crippen LogP contribution in [0.15, 0.2) is 27.8 Å². The van der Waals surface area contributed by atoms with Gasteiger partial charge >= 0.3 is 5.69 Å². The summed E-state index contributed by atoms with van der Waals surface area (Å²) < 4.78 is 2.28. The van der Waals surface area contributed by atoms with Crippen LogP contribution >= 0.6 is 23.2 Å². The largest absolute Gasteiger partial charge is 0.332 e. The molecule has 1 amide bonds. The van der Waals surface area contributed by atoms with E-state index in [0.717, 1.165) is 4.57 Å². The van der Waals surface area contributed by atoms with E-state index in [1.165, 1.54) is 18.7 Å². The van der Waals surface area contributed by atoms with Gasteiger partial charge in [0.2, 0.25) is 5.91 Å². The first-order valence-electron chi connectivity index (χ1n) is 6.86. The van der Waals surface area contributed by atoms with Crippen molar-refractivity contribution in [3.8, 4) is 0 Å². The molecule has 0 radical (unpaired) electrons. The van der Waals surface area contributed by atoms with E-state index < -0.39 is 17.2 Å². The van der Waals surface area contributed by atoms with E-state index in [-0.39, 0.29) is 18.1 Å². The summed E-state index contributed by atoms with van der Waals surface area (Å²) in [4.78, 5) is 36.7. The van der Waals surface area contributed by atoms with Gasteiger partial charge in [0, 0.05) is 36.5 Å². The lowest BCUT2D eigenvalue weighted by atomic mass is 9.86. The zero-order valence-corrected chi connectivity index (χ0v) is 13.9. The Labute approximate surface area is 141 Å². The van der Waals surface area contributed by atoms with Gasteiger partial charge in [0.05, 0.1) is 5.56 Å². The minimum atomic E-state index is -0.533. The molecule has 0 bridgehead atoms. The highest BCUT2D eigenvalue weighted by molar-refractivity contribution is 6.35. The highest BCUT2D eigenvalue weighted by Gasteiger charge is 2.33. The molecular weight excluding hydrogens is 341 g/mol. The van der Waals surface area contributed by atoms with Crippen LogP contribution in [0, 0.1) is 0 Å². The third-order valence-electron chi connectivity index (χ3n) is 4.03. The van der Waals surface area contributed by atoms with Crippen LogP contribution < -0.4 is 16.6 Å². The number of aromatic nitrogens is 2. The number of hydrogen-bond donors (Lipinski definition) is 1. The van der Waals surface area contributed by atoms with E-state index in [1.807, 2.05) is 0 Å². The first-order valence-corrected chi connectivity index (χ1v) is 7.61. The van der Waals surface area contributed by atoms with Gasteiger partial charge < -0.3 is 5.32 Å². The lowest BCUT2D eigenvalue weighted by molar-refractivity contribution is -0.116. The maximum atomic E-state index is 12.6. The summed E-state index contributed by atoms with van der Waals surface area (Å²) in [5, 5.41) is 3.45. The Hall–Kier alpha value is -2.05. The molecule has 0 unspecified atom stereocenters. The monoisotopic (exact) mass is 353 g/mol. The molecule has 23 heavy (non-hydrogen) atoms. The molecule has 1 atom stereocenters. The topological polar surface area (TPSA) is 73.1 Å². The molecule has 0 aliphatic carbocycles.